The van der Waals surface area contributed by atoms with Crippen molar-refractivity contribution in [3.05, 3.63) is 59.9 Å². The number of rotatable bonds is 4. The number of hydrogen-bond donors (Lipinski definition) is 0. The second-order valence-electron chi connectivity index (χ2n) is 4.70. The highest BCUT2D eigenvalue weighted by Crippen LogP contribution is 2.26. The van der Waals surface area contributed by atoms with Gasteiger partial charge in [0.25, 0.3) is 0 Å². The smallest absolute Gasteiger partial charge is 0.359 e. The largest absolute Gasteiger partial charge is 0.461 e. The summed E-state index contributed by atoms with van der Waals surface area (Å²) >= 11 is 0. The third kappa shape index (κ3) is 2.37. The fraction of sp³-hybridized carbons (Fsp3) is 0.118. The van der Waals surface area contributed by atoms with Gasteiger partial charge in [-0.15, -0.1) is 0 Å². The molecule has 0 amide bonds. The second kappa shape index (κ2) is 5.81. The Morgan fingerprint density at radius 3 is 2.73 bits per heavy atom. The fourth-order valence-corrected chi connectivity index (χ4v) is 2.35. The summed E-state index contributed by atoms with van der Waals surface area (Å²) in [5.41, 5.74) is 2.80. The van der Waals surface area contributed by atoms with Crippen LogP contribution in [0.1, 0.15) is 27.8 Å². The van der Waals surface area contributed by atoms with Crippen molar-refractivity contribution in [2.24, 2.45) is 0 Å². The zero-order valence-corrected chi connectivity index (χ0v) is 12.0. The van der Waals surface area contributed by atoms with Crippen molar-refractivity contribution in [3.63, 3.8) is 0 Å². The normalized spacial score (nSPS) is 10.6. The van der Waals surface area contributed by atoms with Crippen LogP contribution >= 0.6 is 0 Å². The first-order chi connectivity index (χ1) is 10.7. The zero-order chi connectivity index (χ0) is 15.5. The van der Waals surface area contributed by atoms with E-state index < -0.39 is 5.97 Å². The van der Waals surface area contributed by atoms with Gasteiger partial charge in [0.05, 0.1) is 12.3 Å². The summed E-state index contributed by atoms with van der Waals surface area (Å²) in [4.78, 5) is 27.5. The van der Waals surface area contributed by atoms with Crippen molar-refractivity contribution in [2.75, 3.05) is 6.61 Å². The lowest BCUT2D eigenvalue weighted by molar-refractivity contribution is 0.0521. The predicted molar refractivity (Wildman–Crippen MR) is 82.0 cm³/mol. The number of carbonyl (C=O) groups excluding carboxylic acids is 2. The van der Waals surface area contributed by atoms with Gasteiger partial charge in [-0.05, 0) is 19.1 Å². The molecule has 0 atom stereocenters. The van der Waals surface area contributed by atoms with Crippen LogP contribution in [0.4, 0.5) is 0 Å². The molecule has 3 aromatic rings. The van der Waals surface area contributed by atoms with Crippen LogP contribution in [0.3, 0.4) is 0 Å². The zero-order valence-electron chi connectivity index (χ0n) is 12.0. The van der Waals surface area contributed by atoms with Crippen LogP contribution in [0.25, 0.3) is 16.9 Å². The summed E-state index contributed by atoms with van der Waals surface area (Å²) in [6.45, 7) is 2.03. The highest BCUT2D eigenvalue weighted by Gasteiger charge is 2.21. The Bertz CT molecular complexity index is 838. The Hall–Kier alpha value is -2.95. The average molecular weight is 294 g/mol. The number of pyridine rings is 1. The van der Waals surface area contributed by atoms with E-state index in [4.69, 9.17) is 4.74 Å². The molecule has 0 spiro atoms. The van der Waals surface area contributed by atoms with Crippen molar-refractivity contribution in [1.29, 1.82) is 0 Å². The molecular weight excluding hydrogens is 280 g/mol. The minimum atomic E-state index is -0.474. The molecule has 3 rings (SSSR count). The van der Waals surface area contributed by atoms with Crippen LogP contribution in [-0.4, -0.2) is 28.2 Å². The van der Waals surface area contributed by atoms with E-state index in [0.717, 1.165) is 11.8 Å². The van der Waals surface area contributed by atoms with Crippen LogP contribution < -0.4 is 0 Å². The first kappa shape index (κ1) is 14.0. The highest BCUT2D eigenvalue weighted by molar-refractivity contribution is 5.96. The maximum Gasteiger partial charge on any atom is 0.359 e. The van der Waals surface area contributed by atoms with Crippen LogP contribution in [0.2, 0.25) is 0 Å². The molecule has 5 nitrogen and oxygen atoms in total. The van der Waals surface area contributed by atoms with Gasteiger partial charge in [0.2, 0.25) is 0 Å². The summed E-state index contributed by atoms with van der Waals surface area (Å²) in [5, 5.41) is 0. The summed E-state index contributed by atoms with van der Waals surface area (Å²) < 4.78 is 6.88. The molecule has 2 aromatic heterocycles. The van der Waals surface area contributed by atoms with E-state index >= 15 is 0 Å². The maximum atomic E-state index is 12.2. The van der Waals surface area contributed by atoms with Gasteiger partial charge in [-0.25, -0.2) is 9.78 Å². The number of aromatic nitrogens is 2. The summed E-state index contributed by atoms with van der Waals surface area (Å²) in [5.74, 6) is -0.474. The lowest BCUT2D eigenvalue weighted by Gasteiger charge is -2.05. The molecule has 22 heavy (non-hydrogen) atoms. The lowest BCUT2D eigenvalue weighted by Crippen LogP contribution is -2.07. The van der Waals surface area contributed by atoms with Crippen LogP contribution in [0.5, 0.6) is 0 Å². The van der Waals surface area contributed by atoms with Gasteiger partial charge in [-0.2, -0.15) is 0 Å². The van der Waals surface area contributed by atoms with Crippen molar-refractivity contribution in [2.45, 2.75) is 6.92 Å². The van der Waals surface area contributed by atoms with E-state index in [1.165, 1.54) is 0 Å². The molecule has 2 heterocycles. The molecule has 0 aliphatic carbocycles. The number of aldehydes is 1. The van der Waals surface area contributed by atoms with Gasteiger partial charge in [0.15, 0.2) is 5.69 Å². The summed E-state index contributed by atoms with van der Waals surface area (Å²) in [6, 6.07) is 12.8. The summed E-state index contributed by atoms with van der Waals surface area (Å²) in [6.07, 6.45) is 2.48. The molecule has 110 valence electrons. The monoisotopic (exact) mass is 294 g/mol. The number of esters is 1. The molecule has 0 N–H and O–H groups in total. The topological polar surface area (TPSA) is 60.7 Å². The average Bonchev–Trinajstić information content (AvgIpc) is 2.94. The Kier molecular flexibility index (Phi) is 3.70. The van der Waals surface area contributed by atoms with Gasteiger partial charge >= 0.3 is 5.97 Å². The lowest BCUT2D eigenvalue weighted by atomic mass is 10.1. The Morgan fingerprint density at radius 1 is 1.27 bits per heavy atom. The number of fused-ring (bicyclic) bond motifs is 1. The number of hydrogen-bond acceptors (Lipinski definition) is 4. The van der Waals surface area contributed by atoms with Crippen molar-refractivity contribution in [1.82, 2.24) is 9.38 Å². The Morgan fingerprint density at radius 2 is 2.05 bits per heavy atom. The van der Waals surface area contributed by atoms with Crippen LogP contribution in [-0.2, 0) is 4.74 Å². The molecular formula is C17H14N2O3. The maximum absolute atomic E-state index is 12.2. The third-order valence-corrected chi connectivity index (χ3v) is 3.30. The second-order valence-corrected chi connectivity index (χ2v) is 4.70. The standard InChI is InChI=1S/C17H14N2O3/c1-2-22-17(21)15-16(13-6-4-3-5-7-13)19-9-8-12(11-20)10-14(19)18-15/h3-11H,2H2,1H3. The van der Waals surface area contributed by atoms with Crippen LogP contribution in [0, 0.1) is 0 Å². The predicted octanol–water partition coefficient (Wildman–Crippen LogP) is 2.99. The summed E-state index contributed by atoms with van der Waals surface area (Å²) in [7, 11) is 0. The van der Waals surface area contributed by atoms with Gasteiger partial charge in [-0.1, -0.05) is 30.3 Å². The van der Waals surface area contributed by atoms with E-state index in [-0.39, 0.29) is 12.3 Å². The molecule has 0 bridgehead atoms. The molecule has 0 fully saturated rings. The molecule has 0 saturated heterocycles. The fourth-order valence-electron chi connectivity index (χ4n) is 2.35. The van der Waals surface area contributed by atoms with Crippen molar-refractivity contribution >= 4 is 17.9 Å². The molecule has 0 saturated carbocycles. The van der Waals surface area contributed by atoms with Gasteiger partial charge in [0, 0.05) is 17.3 Å². The third-order valence-electron chi connectivity index (χ3n) is 3.30. The van der Waals surface area contributed by atoms with E-state index in [9.17, 15) is 9.59 Å². The minimum Gasteiger partial charge on any atom is -0.461 e. The van der Waals surface area contributed by atoms with Gasteiger partial charge in [0.1, 0.15) is 11.9 Å². The molecule has 0 aliphatic rings. The van der Waals surface area contributed by atoms with E-state index in [1.807, 2.05) is 30.3 Å². The highest BCUT2D eigenvalue weighted by atomic mass is 16.5. The molecule has 0 aliphatic heterocycles. The van der Waals surface area contributed by atoms with Gasteiger partial charge in [-0.3, -0.25) is 9.20 Å². The van der Waals surface area contributed by atoms with E-state index in [2.05, 4.69) is 4.98 Å². The van der Waals surface area contributed by atoms with E-state index in [0.29, 0.717) is 16.9 Å². The Labute approximate surface area is 127 Å². The van der Waals surface area contributed by atoms with Gasteiger partial charge < -0.3 is 4.74 Å². The number of carbonyl (C=O) groups is 2. The number of ether oxygens (including phenoxy) is 1. The minimum absolute atomic E-state index is 0.246. The van der Waals surface area contributed by atoms with E-state index in [1.54, 1.807) is 29.7 Å². The SMILES string of the molecule is CCOC(=O)c1nc2cc(C=O)ccn2c1-c1ccccc1. The van der Waals surface area contributed by atoms with Crippen molar-refractivity contribution < 1.29 is 14.3 Å². The first-order valence-electron chi connectivity index (χ1n) is 6.94. The number of benzene rings is 1. The first-order valence-corrected chi connectivity index (χ1v) is 6.94. The van der Waals surface area contributed by atoms with Crippen molar-refractivity contribution in [3.8, 4) is 11.3 Å². The molecule has 0 unspecified atom stereocenters. The van der Waals surface area contributed by atoms with Crippen LogP contribution in [0.15, 0.2) is 48.7 Å². The number of nitrogens with zero attached hydrogens (tertiary/aromatic N) is 2. The Balaban J connectivity index is 2.28. The molecule has 0 radical (unpaired) electrons. The molecule has 1 aromatic carbocycles. The number of imidazole rings is 1. The molecule has 5 heteroatoms. The quantitative estimate of drug-likeness (QED) is 0.548.